The predicted molar refractivity (Wildman–Crippen MR) is 155 cm³/mol. The second-order valence-corrected chi connectivity index (χ2v) is 12.7. The first-order valence-corrected chi connectivity index (χ1v) is 14.5. The molecule has 11 nitrogen and oxygen atoms in total. The molecule has 7 atom stereocenters. The van der Waals surface area contributed by atoms with Gasteiger partial charge in [-0.3, -0.25) is 9.59 Å². The number of aromatic nitrogens is 4. The second-order valence-electron chi connectivity index (χ2n) is 12.7. The van der Waals surface area contributed by atoms with Crippen LogP contribution in [0.15, 0.2) is 11.9 Å². The fourth-order valence-corrected chi connectivity index (χ4v) is 5.85. The molecule has 4 heterocycles. The van der Waals surface area contributed by atoms with Crippen molar-refractivity contribution in [2.24, 2.45) is 24.3 Å². The van der Waals surface area contributed by atoms with E-state index < -0.39 is 35.6 Å². The van der Waals surface area contributed by atoms with Crippen LogP contribution in [-0.4, -0.2) is 78.5 Å². The van der Waals surface area contributed by atoms with Crippen molar-refractivity contribution in [2.45, 2.75) is 104 Å². The van der Waals surface area contributed by atoms with Crippen molar-refractivity contribution in [3.63, 3.8) is 0 Å². The fourth-order valence-electron chi connectivity index (χ4n) is 5.85. The molecule has 2 fully saturated rings. The number of ketones is 1. The van der Waals surface area contributed by atoms with Crippen molar-refractivity contribution in [2.75, 3.05) is 12.4 Å². The molecule has 2 aliphatic rings. The van der Waals surface area contributed by atoms with Gasteiger partial charge in [-0.1, -0.05) is 34.1 Å². The molecule has 0 aromatic carbocycles. The number of nitrogens with one attached hydrogen (secondary N) is 1. The first-order chi connectivity index (χ1) is 19.2. The Balaban J connectivity index is 1.63. The summed E-state index contributed by atoms with van der Waals surface area (Å²) in [5.41, 5.74) is 0.450. The summed E-state index contributed by atoms with van der Waals surface area (Å²) in [6.45, 7) is 10.8. The van der Waals surface area contributed by atoms with Crippen LogP contribution in [0.1, 0.15) is 79.5 Å². The molecule has 0 bridgehead atoms. The molecule has 2 aliphatic heterocycles. The van der Waals surface area contributed by atoms with Gasteiger partial charge in [0.2, 0.25) is 0 Å². The molecule has 2 aromatic heterocycles. The van der Waals surface area contributed by atoms with E-state index in [1.165, 1.54) is 0 Å². The number of hydrogen-bond acceptors (Lipinski definition) is 10. The smallest absolute Gasteiger partial charge is 0.309 e. The molecule has 226 valence electrons. The monoisotopic (exact) mass is 571 g/mol. The van der Waals surface area contributed by atoms with Crippen molar-refractivity contribution < 1.29 is 29.3 Å². The zero-order chi connectivity index (χ0) is 30.3. The number of carbonyl (C=O) groups excluding carboxylic acids is 2. The Morgan fingerprint density at radius 1 is 1.20 bits per heavy atom. The van der Waals surface area contributed by atoms with E-state index in [2.05, 4.69) is 27.2 Å². The molecular formula is C30H45N5O6. The van der Waals surface area contributed by atoms with E-state index in [0.717, 1.165) is 24.8 Å². The summed E-state index contributed by atoms with van der Waals surface area (Å²) in [5.74, 6) is -0.650. The van der Waals surface area contributed by atoms with Gasteiger partial charge in [-0.25, -0.2) is 15.0 Å². The van der Waals surface area contributed by atoms with E-state index in [1.54, 1.807) is 40.2 Å². The lowest BCUT2D eigenvalue weighted by atomic mass is 9.73. The van der Waals surface area contributed by atoms with Gasteiger partial charge in [0.05, 0.1) is 42.1 Å². The third-order valence-electron chi connectivity index (χ3n) is 9.09. The molecule has 0 unspecified atom stereocenters. The minimum atomic E-state index is -1.28. The zero-order valence-corrected chi connectivity index (χ0v) is 25.5. The molecule has 11 heteroatoms. The minimum Gasteiger partial charge on any atom is -0.458 e. The number of carbonyl (C=O) groups is 2. The number of aryl methyl sites for hydroxylation is 1. The van der Waals surface area contributed by atoms with Gasteiger partial charge in [0.25, 0.3) is 0 Å². The molecule has 2 saturated heterocycles. The van der Waals surface area contributed by atoms with Crippen LogP contribution in [0.4, 0.5) is 5.82 Å². The number of fused-ring (bicyclic) bond motifs is 2. The predicted octanol–water partition coefficient (Wildman–Crippen LogP) is 3.43. The minimum absolute atomic E-state index is 0.0993. The second kappa shape index (κ2) is 11.8. The molecule has 0 spiro atoms. The van der Waals surface area contributed by atoms with Crippen molar-refractivity contribution in [1.82, 2.24) is 19.5 Å². The van der Waals surface area contributed by atoms with Crippen molar-refractivity contribution in [3.05, 3.63) is 17.7 Å². The summed E-state index contributed by atoms with van der Waals surface area (Å²) < 4.78 is 13.9. The number of cyclic esters (lactones) is 1. The molecule has 4 rings (SSSR count). The Bertz CT molecular complexity index is 1320. The summed E-state index contributed by atoms with van der Waals surface area (Å²) >= 11 is 0. The number of imidazole rings is 1. The van der Waals surface area contributed by atoms with Crippen LogP contribution < -0.4 is 5.32 Å². The number of rotatable bonds is 3. The van der Waals surface area contributed by atoms with Crippen molar-refractivity contribution in [1.29, 1.82) is 0 Å². The van der Waals surface area contributed by atoms with Crippen LogP contribution in [0.2, 0.25) is 0 Å². The average molecular weight is 572 g/mol. The highest BCUT2D eigenvalue weighted by molar-refractivity contribution is 5.88. The summed E-state index contributed by atoms with van der Waals surface area (Å²) in [6.07, 6.45) is 3.02. The van der Waals surface area contributed by atoms with E-state index in [4.69, 9.17) is 9.47 Å². The van der Waals surface area contributed by atoms with Gasteiger partial charge >= 0.3 is 5.97 Å². The van der Waals surface area contributed by atoms with Gasteiger partial charge in [-0.15, -0.1) is 0 Å². The van der Waals surface area contributed by atoms with Gasteiger partial charge in [0.15, 0.2) is 17.3 Å². The Morgan fingerprint density at radius 3 is 2.59 bits per heavy atom. The third-order valence-corrected chi connectivity index (χ3v) is 9.09. The Kier molecular flexibility index (Phi) is 8.92. The number of ether oxygens (including phenoxy) is 2. The molecule has 0 aliphatic carbocycles. The molecule has 0 radical (unpaired) electrons. The first kappa shape index (κ1) is 31.1. The first-order valence-electron chi connectivity index (χ1n) is 14.5. The number of anilines is 1. The van der Waals surface area contributed by atoms with Gasteiger partial charge < -0.3 is 29.6 Å². The van der Waals surface area contributed by atoms with Crippen molar-refractivity contribution in [3.8, 4) is 0 Å². The summed E-state index contributed by atoms with van der Waals surface area (Å²) in [6, 6.07) is 0. The lowest BCUT2D eigenvalue weighted by molar-refractivity contribution is -0.154. The Labute approximate surface area is 241 Å². The van der Waals surface area contributed by atoms with E-state index in [9.17, 15) is 19.8 Å². The summed E-state index contributed by atoms with van der Waals surface area (Å²) in [4.78, 5) is 40.1. The highest BCUT2D eigenvalue weighted by atomic mass is 16.6. The number of hydrogen-bond donors (Lipinski definition) is 3. The van der Waals surface area contributed by atoms with E-state index in [1.807, 2.05) is 25.5 Å². The third kappa shape index (κ3) is 6.47. The van der Waals surface area contributed by atoms with E-state index in [0.29, 0.717) is 29.2 Å². The number of Topliss-reactive ketones (excluding diaryl/α,β-unsaturated/α-hetero) is 1. The van der Waals surface area contributed by atoms with Crippen LogP contribution >= 0.6 is 0 Å². The lowest BCUT2D eigenvalue weighted by Crippen LogP contribution is -2.45. The van der Waals surface area contributed by atoms with Gasteiger partial charge in [-0.2, -0.15) is 0 Å². The number of aliphatic hydroxyl groups excluding tert-OH is 2. The molecular weight excluding hydrogens is 526 g/mol. The van der Waals surface area contributed by atoms with E-state index in [-0.39, 0.29) is 29.8 Å². The summed E-state index contributed by atoms with van der Waals surface area (Å²) in [7, 11) is 3.63. The van der Waals surface area contributed by atoms with Crippen LogP contribution in [0.25, 0.3) is 17.2 Å². The topological polar surface area (TPSA) is 152 Å². The fraction of sp³-hybridized carbons (Fsp3) is 0.700. The normalized spacial score (nSPS) is 33.8. The van der Waals surface area contributed by atoms with Crippen LogP contribution in [0, 0.1) is 17.3 Å². The lowest BCUT2D eigenvalue weighted by Gasteiger charge is -2.34. The van der Waals surface area contributed by atoms with Crippen molar-refractivity contribution >= 4 is 34.8 Å². The standard InChI is InChI=1S/C30H45N5O6/c1-16-10-9-11-30(6)21(41-30)13-19(40-23(37)14-20(36)29(4,5)26(39)18(3)25(16)38)17(2)12-22-33-27(31-7)24-28(34-22)35(8)15-32-24/h12,15-16,18-21,25,36,38H,9-11,13-14H2,1-8H3,(H,31,33,34)/b17-12+/t16-,18+,19-,20-,21-,25-,30+/m0/s1. The van der Waals surface area contributed by atoms with Crippen LogP contribution in [0.3, 0.4) is 0 Å². The largest absolute Gasteiger partial charge is 0.458 e. The molecule has 3 N–H and O–H groups in total. The van der Waals surface area contributed by atoms with Gasteiger partial charge in [0.1, 0.15) is 17.4 Å². The number of epoxide rings is 1. The molecule has 41 heavy (non-hydrogen) atoms. The summed E-state index contributed by atoms with van der Waals surface area (Å²) in [5, 5.41) is 25.0. The zero-order valence-electron chi connectivity index (χ0n) is 25.5. The highest BCUT2D eigenvalue weighted by Crippen LogP contribution is 2.45. The van der Waals surface area contributed by atoms with Crippen LogP contribution in [-0.2, 0) is 26.1 Å². The van der Waals surface area contributed by atoms with Gasteiger partial charge in [0, 0.05) is 26.4 Å². The maximum absolute atomic E-state index is 13.3. The molecule has 0 saturated carbocycles. The Hall–Kier alpha value is -2.89. The SMILES string of the molecule is CNc1nc(/C=C(\C)[C@@H]2C[C@@H]3O[C@]3(C)CCC[C@H](C)[C@H](O)[C@@H](C)C(=O)C(C)(C)[C@@H](O)CC(=O)O2)nc2c1ncn2C. The number of aliphatic hydroxyl groups is 2. The molecule has 0 amide bonds. The maximum atomic E-state index is 13.3. The molecule has 2 aromatic rings. The number of nitrogens with zero attached hydrogens (tertiary/aromatic N) is 4. The van der Waals surface area contributed by atoms with Crippen LogP contribution in [0.5, 0.6) is 0 Å². The maximum Gasteiger partial charge on any atom is 0.309 e. The number of esters is 1. The van der Waals surface area contributed by atoms with Gasteiger partial charge in [-0.05, 0) is 44.3 Å². The Morgan fingerprint density at radius 2 is 1.90 bits per heavy atom. The quantitative estimate of drug-likeness (QED) is 0.369. The average Bonchev–Trinajstić information content (AvgIpc) is 3.40. The highest BCUT2D eigenvalue weighted by Gasteiger charge is 2.53. The van der Waals surface area contributed by atoms with E-state index >= 15 is 0 Å².